The minimum atomic E-state index is -1.51. The van der Waals surface area contributed by atoms with E-state index >= 15 is 4.48 Å². The maximum atomic E-state index is 15.3. The maximum Gasteiger partial charge on any atom is 0.408 e. The van der Waals surface area contributed by atoms with E-state index in [2.05, 4.69) is 5.32 Å². The number of fused-ring (bicyclic) bond motifs is 1. The molecule has 7 nitrogen and oxygen atoms in total. The lowest BCUT2D eigenvalue weighted by molar-refractivity contribution is -0.143. The summed E-state index contributed by atoms with van der Waals surface area (Å²) in [7, 11) is 0. The molecule has 2 atom stereocenters. The molecule has 1 unspecified atom stereocenters. The van der Waals surface area contributed by atoms with Gasteiger partial charge in [0.1, 0.15) is 35.0 Å². The first-order valence-electron chi connectivity index (χ1n) is 11.6. The third-order valence-electron chi connectivity index (χ3n) is 5.71. The summed E-state index contributed by atoms with van der Waals surface area (Å²) in [4.78, 5) is 40.6. The number of ether oxygens (including phenoxy) is 1. The largest absolute Gasteiger partial charge is 0.444 e. The second-order valence-corrected chi connectivity index (χ2v) is 9.97. The van der Waals surface area contributed by atoms with Crippen molar-refractivity contribution in [3.8, 4) is 0 Å². The number of nitrogens with zero attached hydrogens (tertiary/aromatic N) is 2. The standard InChI is InChI=1S/C26H30F3N3O4/c1-15(2)21(30-25(35)36-26(3,4)5)23(33)31-13-12-16-14-17(27)10-11-18(16)22(31)24(34)32(29)20-9-7-6-8-19(20)28/h6-11,14-15,21-22H,12-13H2,1-5H3,(H,30,35)/t21-,22?/m0/s1. The van der Waals surface area contributed by atoms with E-state index in [-0.39, 0.29) is 23.7 Å². The second-order valence-electron chi connectivity index (χ2n) is 9.97. The van der Waals surface area contributed by atoms with Gasteiger partial charge in [0.25, 0.3) is 5.91 Å². The fourth-order valence-corrected chi connectivity index (χ4v) is 4.06. The van der Waals surface area contributed by atoms with E-state index in [9.17, 15) is 23.2 Å². The molecular weight excluding hydrogens is 475 g/mol. The molecule has 3 amide bonds. The Hall–Kier alpha value is -3.56. The van der Waals surface area contributed by atoms with Crippen LogP contribution in [0.5, 0.6) is 0 Å². The van der Waals surface area contributed by atoms with Gasteiger partial charge in [-0.2, -0.15) is 0 Å². The monoisotopic (exact) mass is 505 g/mol. The number of hydrogen-bond acceptors (Lipinski definition) is 4. The Balaban J connectivity index is 2.00. The Morgan fingerprint density at radius 2 is 1.78 bits per heavy atom. The first-order chi connectivity index (χ1) is 16.8. The number of amides is 3. The number of nitrogens with one attached hydrogen (secondary N) is 1. The number of carbonyl (C=O) groups is 3. The van der Waals surface area contributed by atoms with Gasteiger partial charge in [-0.1, -0.05) is 36.5 Å². The molecule has 0 saturated carbocycles. The third-order valence-corrected chi connectivity index (χ3v) is 5.71. The molecule has 0 radical (unpaired) electrons. The molecule has 2 aromatic carbocycles. The molecule has 2 aromatic rings. The molecule has 1 aliphatic rings. The molecule has 0 spiro atoms. The van der Waals surface area contributed by atoms with Crippen LogP contribution in [0, 0.1) is 17.6 Å². The zero-order valence-corrected chi connectivity index (χ0v) is 20.8. The number of benzene rings is 2. The van der Waals surface area contributed by atoms with Crippen molar-refractivity contribution in [3.63, 3.8) is 0 Å². The zero-order chi connectivity index (χ0) is 26.8. The predicted octanol–water partition coefficient (Wildman–Crippen LogP) is 4.86. The lowest BCUT2D eigenvalue weighted by Gasteiger charge is -2.39. The van der Waals surface area contributed by atoms with Gasteiger partial charge in [-0.15, -0.1) is 5.12 Å². The minimum Gasteiger partial charge on any atom is -0.444 e. The SMILES string of the molecule is CC(C)[C@H](NC(=O)OC(C)(C)C)C(=O)N1CCc2cc(F)ccc2C1C(=O)N(F)c1ccccc1F. The van der Waals surface area contributed by atoms with Crippen molar-refractivity contribution in [2.24, 2.45) is 5.92 Å². The van der Waals surface area contributed by atoms with E-state index in [1.807, 2.05) is 0 Å². The van der Waals surface area contributed by atoms with Crippen molar-refractivity contribution in [2.75, 3.05) is 11.7 Å². The van der Waals surface area contributed by atoms with Crippen molar-refractivity contribution in [3.05, 3.63) is 65.2 Å². The van der Waals surface area contributed by atoms with Crippen molar-refractivity contribution >= 4 is 23.6 Å². The lowest BCUT2D eigenvalue weighted by atomic mass is 9.90. The molecule has 10 heteroatoms. The van der Waals surface area contributed by atoms with Crippen LogP contribution in [-0.4, -0.2) is 41.0 Å². The summed E-state index contributed by atoms with van der Waals surface area (Å²) < 4.78 is 48.7. The summed E-state index contributed by atoms with van der Waals surface area (Å²) in [5.41, 5.74) is -0.771. The zero-order valence-electron chi connectivity index (χ0n) is 20.8. The van der Waals surface area contributed by atoms with E-state index < -0.39 is 58.8 Å². The number of para-hydroxylation sites is 1. The molecule has 0 fully saturated rings. The summed E-state index contributed by atoms with van der Waals surface area (Å²) in [6.07, 6.45) is -0.623. The molecule has 3 rings (SSSR count). The highest BCUT2D eigenvalue weighted by atomic mass is 19.2. The fourth-order valence-electron chi connectivity index (χ4n) is 4.06. The van der Waals surface area contributed by atoms with E-state index in [4.69, 9.17) is 4.74 Å². The Morgan fingerprint density at radius 3 is 2.39 bits per heavy atom. The van der Waals surface area contributed by atoms with Crippen molar-refractivity contribution in [2.45, 2.75) is 58.7 Å². The first-order valence-corrected chi connectivity index (χ1v) is 11.6. The van der Waals surface area contributed by atoms with Crippen LogP contribution in [0.1, 0.15) is 51.8 Å². The van der Waals surface area contributed by atoms with Gasteiger partial charge in [-0.3, -0.25) is 9.59 Å². The average Bonchev–Trinajstić information content (AvgIpc) is 2.79. The van der Waals surface area contributed by atoms with Crippen molar-refractivity contribution in [1.29, 1.82) is 0 Å². The van der Waals surface area contributed by atoms with Crippen LogP contribution in [0.25, 0.3) is 0 Å². The fraction of sp³-hybridized carbons (Fsp3) is 0.423. The Labute approximate surface area is 208 Å². The van der Waals surface area contributed by atoms with E-state index in [1.165, 1.54) is 24.3 Å². The van der Waals surface area contributed by atoms with Gasteiger partial charge in [0.05, 0.1) is 0 Å². The van der Waals surface area contributed by atoms with Gasteiger partial charge >= 0.3 is 6.09 Å². The topological polar surface area (TPSA) is 79.0 Å². The normalized spacial score (nSPS) is 16.2. The maximum absolute atomic E-state index is 15.3. The third kappa shape index (κ3) is 5.98. The highest BCUT2D eigenvalue weighted by Crippen LogP contribution is 2.35. The number of carbonyl (C=O) groups excluding carboxylic acids is 3. The summed E-state index contributed by atoms with van der Waals surface area (Å²) >= 11 is 0. The van der Waals surface area contributed by atoms with Gasteiger partial charge < -0.3 is 15.0 Å². The highest BCUT2D eigenvalue weighted by Gasteiger charge is 2.42. The summed E-state index contributed by atoms with van der Waals surface area (Å²) in [5.74, 6) is -3.79. The number of halogens is 3. The Morgan fingerprint density at radius 1 is 1.11 bits per heavy atom. The van der Waals surface area contributed by atoms with Crippen LogP contribution in [0.4, 0.5) is 23.7 Å². The van der Waals surface area contributed by atoms with E-state index in [1.54, 1.807) is 34.6 Å². The van der Waals surface area contributed by atoms with Gasteiger partial charge in [-0.05, 0) is 68.5 Å². The van der Waals surface area contributed by atoms with Gasteiger partial charge in [0.15, 0.2) is 0 Å². The van der Waals surface area contributed by atoms with Crippen LogP contribution in [0.15, 0.2) is 42.5 Å². The Kier molecular flexibility index (Phi) is 7.96. The number of alkyl carbamates (subject to hydrolysis) is 1. The smallest absolute Gasteiger partial charge is 0.408 e. The molecule has 1 N–H and O–H groups in total. The van der Waals surface area contributed by atoms with Crippen LogP contribution in [0.2, 0.25) is 0 Å². The molecule has 1 heterocycles. The molecule has 0 aromatic heterocycles. The van der Waals surface area contributed by atoms with Crippen LogP contribution in [0.3, 0.4) is 0 Å². The predicted molar refractivity (Wildman–Crippen MR) is 128 cm³/mol. The number of anilines is 1. The molecule has 0 saturated heterocycles. The summed E-state index contributed by atoms with van der Waals surface area (Å²) in [6, 6.07) is 5.85. The number of hydrogen-bond donors (Lipinski definition) is 1. The molecular formula is C26H30F3N3O4. The van der Waals surface area contributed by atoms with Crippen molar-refractivity contribution in [1.82, 2.24) is 10.2 Å². The Bertz CT molecular complexity index is 1150. The first kappa shape index (κ1) is 27.0. The molecule has 36 heavy (non-hydrogen) atoms. The quantitative estimate of drug-likeness (QED) is 0.589. The van der Waals surface area contributed by atoms with Crippen molar-refractivity contribution < 1.29 is 32.4 Å². The molecule has 194 valence electrons. The van der Waals surface area contributed by atoms with E-state index in [0.29, 0.717) is 5.56 Å². The van der Waals surface area contributed by atoms with Crippen LogP contribution < -0.4 is 10.4 Å². The highest BCUT2D eigenvalue weighted by molar-refractivity contribution is 5.99. The molecule has 1 aliphatic heterocycles. The molecule has 0 aliphatic carbocycles. The van der Waals surface area contributed by atoms with Crippen LogP contribution >= 0.6 is 0 Å². The van der Waals surface area contributed by atoms with Gasteiger partial charge in [0, 0.05) is 6.54 Å². The van der Waals surface area contributed by atoms with E-state index in [0.717, 1.165) is 23.1 Å². The van der Waals surface area contributed by atoms with Crippen LogP contribution in [-0.2, 0) is 20.7 Å². The number of rotatable bonds is 5. The lowest BCUT2D eigenvalue weighted by Crippen LogP contribution is -2.56. The minimum absolute atomic E-state index is 0.0456. The van der Waals surface area contributed by atoms with Gasteiger partial charge in [-0.25, -0.2) is 13.6 Å². The second kappa shape index (κ2) is 10.6. The summed E-state index contributed by atoms with van der Waals surface area (Å²) in [6.45, 7) is 8.37. The molecule has 0 bridgehead atoms. The van der Waals surface area contributed by atoms with Gasteiger partial charge in [0.2, 0.25) is 5.91 Å². The average molecular weight is 506 g/mol. The summed E-state index contributed by atoms with van der Waals surface area (Å²) in [5, 5.41) is 2.20.